The van der Waals surface area contributed by atoms with Crippen molar-refractivity contribution in [3.8, 4) is 0 Å². The lowest BCUT2D eigenvalue weighted by Crippen LogP contribution is -2.78. The molecule has 2 saturated carbocycles. The molecule has 0 aromatic rings. The highest BCUT2D eigenvalue weighted by Gasteiger charge is 2.76. The predicted molar refractivity (Wildman–Crippen MR) is 112 cm³/mol. The number of methoxy groups -OCH3 is 2. The van der Waals surface area contributed by atoms with E-state index in [1.54, 1.807) is 6.92 Å². The quantitative estimate of drug-likeness (QED) is 0.651. The van der Waals surface area contributed by atoms with E-state index in [0.29, 0.717) is 6.42 Å². The fourth-order valence-corrected chi connectivity index (χ4v) is 7.87. The van der Waals surface area contributed by atoms with Crippen LogP contribution in [0.5, 0.6) is 0 Å². The lowest BCUT2D eigenvalue weighted by atomic mass is 9.37. The highest BCUT2D eigenvalue weighted by Crippen LogP contribution is 2.69. The molecule has 0 bridgehead atoms. The van der Waals surface area contributed by atoms with Gasteiger partial charge in [-0.15, -0.1) is 0 Å². The summed E-state index contributed by atoms with van der Waals surface area (Å²) in [5.41, 5.74) is -3.27. The van der Waals surface area contributed by atoms with Gasteiger partial charge < -0.3 is 24.1 Å². The molecule has 0 spiro atoms. The molecule has 0 aromatic carbocycles. The Bertz CT molecular complexity index is 877. The first-order valence-electron chi connectivity index (χ1n) is 11.3. The molecule has 8 heteroatoms. The highest BCUT2D eigenvalue weighted by atomic mass is 16.6. The zero-order valence-corrected chi connectivity index (χ0v) is 19.8. The molecule has 3 fully saturated rings. The maximum Gasteiger partial charge on any atom is 0.306 e. The van der Waals surface area contributed by atoms with E-state index < -0.39 is 52.5 Å². The van der Waals surface area contributed by atoms with E-state index in [4.69, 9.17) is 18.9 Å². The number of aliphatic hydroxyl groups is 1. The summed E-state index contributed by atoms with van der Waals surface area (Å²) in [6.07, 6.45) is -0.0443. The monoisotopic (exact) mass is 450 g/mol. The molecule has 4 unspecified atom stereocenters. The van der Waals surface area contributed by atoms with Crippen LogP contribution < -0.4 is 0 Å². The summed E-state index contributed by atoms with van der Waals surface area (Å²) in [7, 11) is 2.93. The van der Waals surface area contributed by atoms with E-state index in [-0.39, 0.29) is 35.8 Å². The number of carbonyl (C=O) groups is 3. The largest absolute Gasteiger partial charge is 0.493 e. The Morgan fingerprint density at radius 2 is 1.88 bits per heavy atom. The van der Waals surface area contributed by atoms with Gasteiger partial charge in [0, 0.05) is 36.7 Å². The minimum atomic E-state index is -1.48. The Morgan fingerprint density at radius 3 is 2.44 bits per heavy atom. The van der Waals surface area contributed by atoms with Crippen molar-refractivity contribution >= 4 is 17.7 Å². The summed E-state index contributed by atoms with van der Waals surface area (Å²) < 4.78 is 22.9. The van der Waals surface area contributed by atoms with Crippen LogP contribution in [0.15, 0.2) is 11.8 Å². The molecule has 4 rings (SSSR count). The summed E-state index contributed by atoms with van der Waals surface area (Å²) in [6, 6.07) is 0. The van der Waals surface area contributed by atoms with Crippen molar-refractivity contribution in [2.45, 2.75) is 71.4 Å². The first kappa shape index (κ1) is 23.2. The first-order valence-corrected chi connectivity index (χ1v) is 11.3. The molecule has 1 N–H and O–H groups in total. The maximum absolute atomic E-state index is 13.9. The molecule has 1 heterocycles. The van der Waals surface area contributed by atoms with E-state index in [9.17, 15) is 19.5 Å². The van der Waals surface area contributed by atoms with Gasteiger partial charge in [-0.3, -0.25) is 14.4 Å². The fourth-order valence-electron chi connectivity index (χ4n) is 7.87. The smallest absolute Gasteiger partial charge is 0.306 e. The molecular weight excluding hydrogens is 416 g/mol. The van der Waals surface area contributed by atoms with Crippen molar-refractivity contribution in [3.63, 3.8) is 0 Å². The third-order valence-electron chi connectivity index (χ3n) is 9.09. The van der Waals surface area contributed by atoms with Crippen molar-refractivity contribution in [3.05, 3.63) is 11.8 Å². The molecule has 1 saturated heterocycles. The summed E-state index contributed by atoms with van der Waals surface area (Å²) in [4.78, 5) is 38.7. The third-order valence-corrected chi connectivity index (χ3v) is 9.09. The van der Waals surface area contributed by atoms with Gasteiger partial charge in [0.05, 0.1) is 19.1 Å². The molecule has 0 amide bonds. The maximum atomic E-state index is 13.9. The van der Waals surface area contributed by atoms with E-state index in [2.05, 4.69) is 0 Å². The number of fused-ring (bicyclic) bond motifs is 2. The van der Waals surface area contributed by atoms with Gasteiger partial charge in [0.1, 0.15) is 18.3 Å². The lowest BCUT2D eigenvalue weighted by molar-refractivity contribution is -0.317. The minimum absolute atomic E-state index is 0.000611. The number of carbonyl (C=O) groups excluding carboxylic acids is 3. The molecule has 10 atom stereocenters. The standard InChI is InChI=1S/C24H34O8/c1-11-8-14(29-6)20(27)22(3)13(11)9-16-23(4)15(10-17(26)32-16)24(5,28)21(30-7)18(19(22)23)31-12(2)25/h8,11,13,15-16,18-19,21,28H,9-10H2,1-7H3/t11?,13?,15-,16-,18?,19?,21-,22+,23-,24+/m1/s1. The van der Waals surface area contributed by atoms with Gasteiger partial charge in [0.25, 0.3) is 0 Å². The minimum Gasteiger partial charge on any atom is -0.493 e. The SMILES string of the molecule is COC1=CC(C)C2C[C@H]3OC(=O)C[C@H]4[C@](C)(O)[C@H](OC)C(OC(C)=O)C([C@@]2(C)C1=O)[C@@]34C. The number of allylic oxidation sites excluding steroid dienone is 2. The Hall–Kier alpha value is -1.93. The average molecular weight is 451 g/mol. The van der Waals surface area contributed by atoms with Gasteiger partial charge in [-0.25, -0.2) is 0 Å². The predicted octanol–water partition coefficient (Wildman–Crippen LogP) is 2.03. The fraction of sp³-hybridized carbons (Fsp3) is 0.792. The van der Waals surface area contributed by atoms with Crippen molar-refractivity contribution in [2.75, 3.05) is 14.2 Å². The topological polar surface area (TPSA) is 108 Å². The molecular formula is C24H34O8. The van der Waals surface area contributed by atoms with Crippen LogP contribution in [0.25, 0.3) is 0 Å². The second-order valence-electron chi connectivity index (χ2n) is 10.6. The van der Waals surface area contributed by atoms with Crippen molar-refractivity contribution < 1.29 is 38.4 Å². The molecule has 8 nitrogen and oxygen atoms in total. The van der Waals surface area contributed by atoms with Crippen LogP contribution in [0.4, 0.5) is 0 Å². The molecule has 1 aliphatic heterocycles. The van der Waals surface area contributed by atoms with Crippen molar-refractivity contribution in [1.29, 1.82) is 0 Å². The van der Waals surface area contributed by atoms with Gasteiger partial charge in [-0.2, -0.15) is 0 Å². The summed E-state index contributed by atoms with van der Waals surface area (Å²) in [5.74, 6) is -2.06. The van der Waals surface area contributed by atoms with Crippen LogP contribution in [0, 0.1) is 34.5 Å². The van der Waals surface area contributed by atoms with E-state index >= 15 is 0 Å². The van der Waals surface area contributed by atoms with Gasteiger partial charge in [-0.05, 0) is 31.3 Å². The number of esters is 2. The Morgan fingerprint density at radius 1 is 1.22 bits per heavy atom. The Kier molecular flexibility index (Phi) is 5.29. The normalized spacial score (nSPS) is 49.9. The first-order chi connectivity index (χ1) is 14.8. The molecule has 0 aromatic heterocycles. The van der Waals surface area contributed by atoms with Crippen molar-refractivity contribution in [1.82, 2.24) is 0 Å². The third kappa shape index (κ3) is 2.78. The number of ether oxygens (including phenoxy) is 4. The van der Waals surface area contributed by atoms with Gasteiger partial charge in [-0.1, -0.05) is 20.8 Å². The number of hydrogen-bond acceptors (Lipinski definition) is 8. The van der Waals surface area contributed by atoms with E-state index in [1.807, 2.05) is 26.8 Å². The van der Waals surface area contributed by atoms with Crippen molar-refractivity contribution in [2.24, 2.45) is 34.5 Å². The molecule has 3 aliphatic carbocycles. The number of ketones is 1. The van der Waals surface area contributed by atoms with Gasteiger partial charge in [0.2, 0.25) is 5.78 Å². The number of rotatable bonds is 3. The van der Waals surface area contributed by atoms with Crippen LogP contribution in [0.3, 0.4) is 0 Å². The van der Waals surface area contributed by atoms with E-state index in [1.165, 1.54) is 21.1 Å². The number of hydrogen-bond donors (Lipinski definition) is 1. The van der Waals surface area contributed by atoms with Crippen LogP contribution >= 0.6 is 0 Å². The number of Topliss-reactive ketones (excluding diaryl/α,β-unsaturated/α-hetero) is 1. The van der Waals surface area contributed by atoms with Crippen LogP contribution in [0.1, 0.15) is 47.5 Å². The zero-order valence-electron chi connectivity index (χ0n) is 19.8. The molecule has 178 valence electrons. The Labute approximate surface area is 188 Å². The van der Waals surface area contributed by atoms with Gasteiger partial charge >= 0.3 is 11.9 Å². The van der Waals surface area contributed by atoms with Crippen LogP contribution in [-0.4, -0.2) is 61.0 Å². The van der Waals surface area contributed by atoms with Crippen LogP contribution in [0.2, 0.25) is 0 Å². The highest BCUT2D eigenvalue weighted by molar-refractivity contribution is 6.00. The second kappa shape index (κ2) is 7.29. The zero-order chi connectivity index (χ0) is 23.8. The summed E-state index contributed by atoms with van der Waals surface area (Å²) in [6.45, 7) is 8.82. The van der Waals surface area contributed by atoms with Gasteiger partial charge in [0.15, 0.2) is 5.76 Å². The molecule has 4 aliphatic rings. The summed E-state index contributed by atoms with van der Waals surface area (Å²) >= 11 is 0. The molecule has 32 heavy (non-hydrogen) atoms. The van der Waals surface area contributed by atoms with Crippen LogP contribution in [-0.2, 0) is 33.3 Å². The molecule has 0 radical (unpaired) electrons. The average Bonchev–Trinajstić information content (AvgIpc) is 2.69. The summed E-state index contributed by atoms with van der Waals surface area (Å²) in [5, 5.41) is 11.7. The van der Waals surface area contributed by atoms with E-state index in [0.717, 1.165) is 0 Å². The lowest BCUT2D eigenvalue weighted by Gasteiger charge is -2.69. The Balaban J connectivity index is 2.00. The second-order valence-corrected chi connectivity index (χ2v) is 10.6.